The molecule has 0 aromatic carbocycles. The highest BCUT2D eigenvalue weighted by Gasteiger charge is 2.33. The molecule has 5 heteroatoms. The van der Waals surface area contributed by atoms with Crippen LogP contribution in [0, 0.1) is 24.2 Å². The number of nitrogens with zero attached hydrogens (tertiary/aromatic N) is 2. The Balaban J connectivity index is 1.79. The Morgan fingerprint density at radius 3 is 2.00 bits per heavy atom. The Hall–Kier alpha value is -1.70. The highest BCUT2D eigenvalue weighted by Crippen LogP contribution is 2.24. The summed E-state index contributed by atoms with van der Waals surface area (Å²) in [5, 5.41) is 0. The van der Waals surface area contributed by atoms with E-state index in [1.165, 1.54) is 0 Å². The highest BCUT2D eigenvalue weighted by molar-refractivity contribution is 5.79. The van der Waals surface area contributed by atoms with Gasteiger partial charge in [0.25, 0.3) is 0 Å². The molecule has 2 heterocycles. The second-order valence-corrected chi connectivity index (χ2v) is 7.51. The van der Waals surface area contributed by atoms with Gasteiger partial charge in [0.1, 0.15) is 5.60 Å². The summed E-state index contributed by atoms with van der Waals surface area (Å²) in [7, 11) is 0. The zero-order chi connectivity index (χ0) is 17.0. The van der Waals surface area contributed by atoms with Crippen LogP contribution >= 0.6 is 0 Å². The number of carbonyl (C=O) groups is 2. The van der Waals surface area contributed by atoms with Crippen molar-refractivity contribution in [2.24, 2.45) is 11.8 Å². The first kappa shape index (κ1) is 17.7. The Bertz CT molecular complexity index is 473. The number of ether oxygens (including phenoxy) is 1. The molecule has 128 valence electrons. The monoisotopic (exact) mass is 320 g/mol. The number of piperidine rings is 2. The first-order valence-corrected chi connectivity index (χ1v) is 8.53. The van der Waals surface area contributed by atoms with Crippen LogP contribution in [0.2, 0.25) is 0 Å². The summed E-state index contributed by atoms with van der Waals surface area (Å²) >= 11 is 0. The molecule has 2 aliphatic rings. The molecule has 2 amide bonds. The summed E-state index contributed by atoms with van der Waals surface area (Å²) in [6.07, 6.45) is 8.41. The first-order valence-electron chi connectivity index (χ1n) is 8.53. The highest BCUT2D eigenvalue weighted by atomic mass is 16.6. The standard InChI is InChI=1S/C18H28N2O3/c1-5-14-6-10-19(11-7-14)16(21)15-8-12-20(13-9-15)17(22)23-18(2,3)4/h1,14-15H,6-13H2,2-4H3. The summed E-state index contributed by atoms with van der Waals surface area (Å²) in [6.45, 7) is 8.29. The van der Waals surface area contributed by atoms with Gasteiger partial charge in [0.2, 0.25) is 5.91 Å². The number of terminal acetylenes is 1. The van der Waals surface area contributed by atoms with E-state index in [0.29, 0.717) is 31.8 Å². The largest absolute Gasteiger partial charge is 0.444 e. The predicted molar refractivity (Wildman–Crippen MR) is 88.7 cm³/mol. The average Bonchev–Trinajstić information content (AvgIpc) is 2.53. The molecule has 5 nitrogen and oxygen atoms in total. The summed E-state index contributed by atoms with van der Waals surface area (Å²) in [5.74, 6) is 3.35. The number of hydrogen-bond donors (Lipinski definition) is 0. The quantitative estimate of drug-likeness (QED) is 0.698. The zero-order valence-electron chi connectivity index (χ0n) is 14.5. The molecule has 0 aromatic heterocycles. The minimum Gasteiger partial charge on any atom is -0.444 e. The van der Waals surface area contributed by atoms with Gasteiger partial charge >= 0.3 is 6.09 Å². The lowest BCUT2D eigenvalue weighted by Gasteiger charge is -2.36. The van der Waals surface area contributed by atoms with Gasteiger partial charge in [-0.3, -0.25) is 4.79 Å². The maximum atomic E-state index is 12.6. The van der Waals surface area contributed by atoms with Crippen LogP contribution in [0.15, 0.2) is 0 Å². The minimum absolute atomic E-state index is 0.0241. The van der Waals surface area contributed by atoms with Gasteiger partial charge in [-0.25, -0.2) is 4.79 Å². The Morgan fingerprint density at radius 2 is 1.52 bits per heavy atom. The number of likely N-dealkylation sites (tertiary alicyclic amines) is 2. The van der Waals surface area contributed by atoms with Crippen LogP contribution in [-0.2, 0) is 9.53 Å². The maximum absolute atomic E-state index is 12.6. The molecule has 0 unspecified atom stereocenters. The zero-order valence-corrected chi connectivity index (χ0v) is 14.5. The summed E-state index contributed by atoms with van der Waals surface area (Å²) < 4.78 is 5.39. The number of carbonyl (C=O) groups excluding carboxylic acids is 2. The van der Waals surface area contributed by atoms with E-state index in [9.17, 15) is 9.59 Å². The van der Waals surface area contributed by atoms with Crippen LogP contribution in [0.4, 0.5) is 4.79 Å². The van der Waals surface area contributed by atoms with Crippen molar-refractivity contribution in [1.29, 1.82) is 0 Å². The van der Waals surface area contributed by atoms with Gasteiger partial charge in [-0.1, -0.05) is 0 Å². The van der Waals surface area contributed by atoms with E-state index in [4.69, 9.17) is 11.2 Å². The van der Waals surface area contributed by atoms with E-state index in [1.807, 2.05) is 25.7 Å². The van der Waals surface area contributed by atoms with Crippen molar-refractivity contribution >= 4 is 12.0 Å². The molecule has 0 spiro atoms. The van der Waals surface area contributed by atoms with Crippen molar-refractivity contribution in [3.8, 4) is 12.3 Å². The molecule has 2 rings (SSSR count). The lowest BCUT2D eigenvalue weighted by atomic mass is 9.92. The molecule has 0 aromatic rings. The molecule has 0 bridgehead atoms. The topological polar surface area (TPSA) is 49.9 Å². The minimum atomic E-state index is -0.481. The molecule has 0 atom stereocenters. The van der Waals surface area contributed by atoms with Crippen molar-refractivity contribution in [3.05, 3.63) is 0 Å². The number of hydrogen-bond acceptors (Lipinski definition) is 3. The summed E-state index contributed by atoms with van der Waals surface area (Å²) in [4.78, 5) is 28.3. The fraction of sp³-hybridized carbons (Fsp3) is 0.778. The van der Waals surface area contributed by atoms with Gasteiger partial charge in [-0.05, 0) is 46.5 Å². The van der Waals surface area contributed by atoms with Gasteiger partial charge in [0.15, 0.2) is 0 Å². The predicted octanol–water partition coefficient (Wildman–Crippen LogP) is 2.51. The first-order chi connectivity index (χ1) is 10.8. The molecule has 2 fully saturated rings. The van der Waals surface area contributed by atoms with Crippen LogP contribution in [0.3, 0.4) is 0 Å². The molecule has 2 aliphatic heterocycles. The molecule has 2 saturated heterocycles. The second kappa shape index (κ2) is 7.25. The fourth-order valence-corrected chi connectivity index (χ4v) is 3.16. The van der Waals surface area contributed by atoms with Crippen LogP contribution < -0.4 is 0 Å². The lowest BCUT2D eigenvalue weighted by molar-refractivity contribution is -0.138. The third kappa shape index (κ3) is 4.89. The molecule has 0 N–H and O–H groups in total. The summed E-state index contributed by atoms with van der Waals surface area (Å²) in [5.41, 5.74) is -0.481. The SMILES string of the molecule is C#CC1CCN(C(=O)C2CCN(C(=O)OC(C)(C)C)CC2)CC1. The van der Waals surface area contributed by atoms with E-state index in [-0.39, 0.29) is 17.9 Å². The molecular weight excluding hydrogens is 292 g/mol. The Labute approximate surface area is 139 Å². The Morgan fingerprint density at radius 1 is 1.00 bits per heavy atom. The molecule has 23 heavy (non-hydrogen) atoms. The molecule has 0 radical (unpaired) electrons. The van der Waals surface area contributed by atoms with Gasteiger partial charge in [0.05, 0.1) is 0 Å². The van der Waals surface area contributed by atoms with E-state index < -0.39 is 5.60 Å². The van der Waals surface area contributed by atoms with E-state index >= 15 is 0 Å². The van der Waals surface area contributed by atoms with Gasteiger partial charge in [-0.2, -0.15) is 0 Å². The van der Waals surface area contributed by atoms with Crippen molar-refractivity contribution in [2.45, 2.75) is 52.1 Å². The van der Waals surface area contributed by atoms with Crippen LogP contribution in [0.1, 0.15) is 46.5 Å². The smallest absolute Gasteiger partial charge is 0.410 e. The van der Waals surface area contributed by atoms with Gasteiger partial charge < -0.3 is 14.5 Å². The molecule has 0 saturated carbocycles. The summed E-state index contributed by atoms with van der Waals surface area (Å²) in [6, 6.07) is 0. The van der Waals surface area contributed by atoms with Gasteiger partial charge in [-0.15, -0.1) is 12.3 Å². The number of rotatable bonds is 1. The maximum Gasteiger partial charge on any atom is 0.410 e. The third-order valence-electron chi connectivity index (χ3n) is 4.54. The van der Waals surface area contributed by atoms with E-state index in [1.54, 1.807) is 4.90 Å². The molecule has 0 aliphatic carbocycles. The average molecular weight is 320 g/mol. The van der Waals surface area contributed by atoms with Crippen LogP contribution in [0.5, 0.6) is 0 Å². The van der Waals surface area contributed by atoms with Crippen molar-refractivity contribution in [1.82, 2.24) is 9.80 Å². The fourth-order valence-electron chi connectivity index (χ4n) is 3.16. The van der Waals surface area contributed by atoms with Crippen LogP contribution in [-0.4, -0.2) is 53.6 Å². The van der Waals surface area contributed by atoms with Crippen LogP contribution in [0.25, 0.3) is 0 Å². The lowest BCUT2D eigenvalue weighted by Crippen LogP contribution is -2.47. The van der Waals surface area contributed by atoms with Crippen molar-refractivity contribution in [2.75, 3.05) is 26.2 Å². The number of amides is 2. The Kier molecular flexibility index (Phi) is 5.56. The van der Waals surface area contributed by atoms with E-state index in [0.717, 1.165) is 25.9 Å². The van der Waals surface area contributed by atoms with Crippen molar-refractivity contribution in [3.63, 3.8) is 0 Å². The van der Waals surface area contributed by atoms with Crippen molar-refractivity contribution < 1.29 is 14.3 Å². The van der Waals surface area contributed by atoms with E-state index in [2.05, 4.69) is 5.92 Å². The third-order valence-corrected chi connectivity index (χ3v) is 4.54. The van der Waals surface area contributed by atoms with Gasteiger partial charge in [0, 0.05) is 38.0 Å². The molecular formula is C18H28N2O3. The second-order valence-electron chi connectivity index (χ2n) is 7.51. The normalized spacial score (nSPS) is 21.0.